The van der Waals surface area contributed by atoms with Crippen LogP contribution in [0.2, 0.25) is 0 Å². The van der Waals surface area contributed by atoms with Crippen LogP contribution in [0.5, 0.6) is 0 Å². The number of benzene rings is 1. The molecule has 0 saturated heterocycles. The Kier molecular flexibility index (Phi) is 5.29. The summed E-state index contributed by atoms with van der Waals surface area (Å²) in [4.78, 5) is 22.8. The summed E-state index contributed by atoms with van der Waals surface area (Å²) in [5, 5.41) is 12.4. The number of ether oxygens (including phenoxy) is 1. The molecule has 0 aliphatic rings. The van der Waals surface area contributed by atoms with Gasteiger partial charge in [-0.15, -0.1) is 0 Å². The lowest BCUT2D eigenvalue weighted by Gasteiger charge is -2.21. The van der Waals surface area contributed by atoms with Crippen molar-refractivity contribution >= 4 is 11.9 Å². The van der Waals surface area contributed by atoms with Crippen LogP contribution in [0.4, 0.5) is 0 Å². The minimum Gasteiger partial charge on any atom is -0.467 e. The molecule has 1 unspecified atom stereocenters. The van der Waals surface area contributed by atoms with E-state index in [-0.39, 0.29) is 6.54 Å². The summed E-state index contributed by atoms with van der Waals surface area (Å²) < 4.78 is 4.55. The molecule has 0 aromatic heterocycles. The molecule has 0 bridgehead atoms. The first kappa shape index (κ1) is 14.1. The first-order chi connectivity index (χ1) is 8.60. The maximum Gasteiger partial charge on any atom is 0.331 e. The minimum absolute atomic E-state index is 0.269. The Labute approximate surface area is 105 Å². The Balaban J connectivity index is 2.89. The third kappa shape index (κ3) is 3.54. The normalized spacial score (nSPS) is 13.5. The van der Waals surface area contributed by atoms with E-state index in [1.54, 1.807) is 30.3 Å². The smallest absolute Gasteiger partial charge is 0.331 e. The van der Waals surface area contributed by atoms with Gasteiger partial charge in [0, 0.05) is 0 Å². The van der Waals surface area contributed by atoms with Crippen molar-refractivity contribution in [2.45, 2.75) is 12.1 Å². The number of nitrogens with two attached hydrogens (primary N) is 1. The summed E-state index contributed by atoms with van der Waals surface area (Å²) >= 11 is 0. The zero-order valence-corrected chi connectivity index (χ0v) is 10.00. The van der Waals surface area contributed by atoms with E-state index < -0.39 is 24.0 Å². The molecule has 1 amide bonds. The van der Waals surface area contributed by atoms with E-state index in [2.05, 4.69) is 10.1 Å². The Morgan fingerprint density at radius 2 is 2.00 bits per heavy atom. The van der Waals surface area contributed by atoms with Gasteiger partial charge in [0.1, 0.15) is 6.10 Å². The van der Waals surface area contributed by atoms with E-state index in [1.165, 1.54) is 7.11 Å². The quantitative estimate of drug-likeness (QED) is 0.604. The highest BCUT2D eigenvalue weighted by atomic mass is 16.5. The number of carbonyl (C=O) groups excluding carboxylic acids is 2. The predicted molar refractivity (Wildman–Crippen MR) is 64.4 cm³/mol. The van der Waals surface area contributed by atoms with E-state index in [9.17, 15) is 14.7 Å². The van der Waals surface area contributed by atoms with Gasteiger partial charge in [0.25, 0.3) is 0 Å². The summed E-state index contributed by atoms with van der Waals surface area (Å²) in [5.74, 6) is -1.27. The molecular formula is C12H16N2O4. The predicted octanol–water partition coefficient (Wildman–Crippen LogP) is -0.663. The Morgan fingerprint density at radius 1 is 1.39 bits per heavy atom. The highest BCUT2D eigenvalue weighted by molar-refractivity contribution is 5.85. The molecule has 98 valence electrons. The van der Waals surface area contributed by atoms with E-state index in [4.69, 9.17) is 5.73 Å². The number of amides is 1. The SMILES string of the molecule is COC(=O)[C@@H](NC(=O)CN)C(O)c1ccccc1. The molecule has 0 saturated carbocycles. The first-order valence-corrected chi connectivity index (χ1v) is 5.40. The van der Waals surface area contributed by atoms with Gasteiger partial charge in [-0.05, 0) is 5.56 Å². The van der Waals surface area contributed by atoms with Crippen LogP contribution in [0, 0.1) is 0 Å². The fourth-order valence-corrected chi connectivity index (χ4v) is 1.47. The third-order valence-corrected chi connectivity index (χ3v) is 2.41. The van der Waals surface area contributed by atoms with E-state index in [0.29, 0.717) is 5.56 Å². The van der Waals surface area contributed by atoms with Crippen molar-refractivity contribution in [1.82, 2.24) is 5.32 Å². The van der Waals surface area contributed by atoms with Crippen molar-refractivity contribution in [1.29, 1.82) is 0 Å². The number of nitrogens with one attached hydrogen (secondary N) is 1. The lowest BCUT2D eigenvalue weighted by molar-refractivity contribution is -0.148. The van der Waals surface area contributed by atoms with Crippen molar-refractivity contribution in [3.05, 3.63) is 35.9 Å². The molecule has 0 fully saturated rings. The second-order valence-corrected chi connectivity index (χ2v) is 3.63. The molecule has 0 aliphatic heterocycles. The largest absolute Gasteiger partial charge is 0.467 e. The van der Waals surface area contributed by atoms with Gasteiger partial charge >= 0.3 is 5.97 Å². The summed E-state index contributed by atoms with van der Waals surface area (Å²) in [6, 6.07) is 7.34. The van der Waals surface area contributed by atoms with Gasteiger partial charge in [-0.2, -0.15) is 0 Å². The Morgan fingerprint density at radius 3 is 2.50 bits per heavy atom. The van der Waals surface area contributed by atoms with Gasteiger partial charge < -0.3 is 20.9 Å². The number of hydrogen-bond donors (Lipinski definition) is 3. The van der Waals surface area contributed by atoms with Crippen molar-refractivity contribution < 1.29 is 19.4 Å². The molecule has 1 aromatic carbocycles. The molecule has 18 heavy (non-hydrogen) atoms. The van der Waals surface area contributed by atoms with Gasteiger partial charge in [-0.3, -0.25) is 4.79 Å². The molecule has 0 aliphatic carbocycles. The second kappa shape index (κ2) is 6.73. The number of aliphatic hydroxyl groups is 1. The summed E-state index contributed by atoms with van der Waals surface area (Å²) in [6.45, 7) is -0.269. The maximum absolute atomic E-state index is 11.5. The van der Waals surface area contributed by atoms with E-state index in [1.807, 2.05) is 0 Å². The molecule has 1 aromatic rings. The van der Waals surface area contributed by atoms with E-state index in [0.717, 1.165) is 0 Å². The average molecular weight is 252 g/mol. The molecule has 6 heteroatoms. The number of hydrogen-bond acceptors (Lipinski definition) is 5. The minimum atomic E-state index is -1.19. The number of rotatable bonds is 5. The van der Waals surface area contributed by atoms with Gasteiger partial charge in [-0.1, -0.05) is 30.3 Å². The lowest BCUT2D eigenvalue weighted by atomic mass is 10.0. The van der Waals surface area contributed by atoms with Crippen molar-refractivity contribution in [2.24, 2.45) is 5.73 Å². The van der Waals surface area contributed by atoms with Gasteiger partial charge in [0.15, 0.2) is 6.04 Å². The monoisotopic (exact) mass is 252 g/mol. The van der Waals surface area contributed by atoms with Crippen LogP contribution in [-0.2, 0) is 14.3 Å². The van der Waals surface area contributed by atoms with Crippen molar-refractivity contribution in [3.63, 3.8) is 0 Å². The number of carbonyl (C=O) groups is 2. The Bertz CT molecular complexity index is 408. The fraction of sp³-hybridized carbons (Fsp3) is 0.333. The average Bonchev–Trinajstić information content (AvgIpc) is 2.43. The van der Waals surface area contributed by atoms with Crippen LogP contribution in [0.1, 0.15) is 11.7 Å². The van der Waals surface area contributed by atoms with Gasteiger partial charge in [0.05, 0.1) is 13.7 Å². The van der Waals surface area contributed by atoms with Crippen molar-refractivity contribution in [2.75, 3.05) is 13.7 Å². The molecule has 6 nitrogen and oxygen atoms in total. The summed E-state index contributed by atoms with van der Waals surface area (Å²) in [5.41, 5.74) is 5.66. The topological polar surface area (TPSA) is 102 Å². The van der Waals surface area contributed by atoms with Crippen LogP contribution in [-0.4, -0.2) is 36.7 Å². The zero-order valence-electron chi connectivity index (χ0n) is 10.00. The second-order valence-electron chi connectivity index (χ2n) is 3.63. The highest BCUT2D eigenvalue weighted by Gasteiger charge is 2.30. The Hall–Kier alpha value is -1.92. The zero-order chi connectivity index (χ0) is 13.5. The van der Waals surface area contributed by atoms with Crippen molar-refractivity contribution in [3.8, 4) is 0 Å². The fourth-order valence-electron chi connectivity index (χ4n) is 1.47. The third-order valence-electron chi connectivity index (χ3n) is 2.41. The highest BCUT2D eigenvalue weighted by Crippen LogP contribution is 2.17. The molecule has 0 radical (unpaired) electrons. The van der Waals surface area contributed by atoms with Crippen LogP contribution < -0.4 is 11.1 Å². The lowest BCUT2D eigenvalue weighted by Crippen LogP contribution is -2.47. The molecular weight excluding hydrogens is 236 g/mol. The molecule has 0 heterocycles. The first-order valence-electron chi connectivity index (χ1n) is 5.40. The van der Waals surface area contributed by atoms with E-state index >= 15 is 0 Å². The molecule has 1 rings (SSSR count). The van der Waals surface area contributed by atoms with Gasteiger partial charge in [-0.25, -0.2) is 4.79 Å². The summed E-state index contributed by atoms with van der Waals surface area (Å²) in [7, 11) is 1.18. The van der Waals surface area contributed by atoms with Crippen LogP contribution in [0.3, 0.4) is 0 Å². The van der Waals surface area contributed by atoms with Crippen LogP contribution >= 0.6 is 0 Å². The van der Waals surface area contributed by atoms with Gasteiger partial charge in [0.2, 0.25) is 5.91 Å². The molecule has 2 atom stereocenters. The molecule has 4 N–H and O–H groups in total. The standard InChI is InChI=1S/C12H16N2O4/c1-18-12(17)10(14-9(15)7-13)11(16)8-5-3-2-4-6-8/h2-6,10-11,16H,7,13H2,1H3,(H,14,15)/t10-,11?/m0/s1. The molecule has 0 spiro atoms. The number of esters is 1. The van der Waals surface area contributed by atoms with Crippen LogP contribution in [0.15, 0.2) is 30.3 Å². The summed E-state index contributed by atoms with van der Waals surface area (Å²) in [6.07, 6.45) is -1.19. The number of methoxy groups -OCH3 is 1. The van der Waals surface area contributed by atoms with Crippen LogP contribution in [0.25, 0.3) is 0 Å². The number of aliphatic hydroxyl groups excluding tert-OH is 1. The maximum atomic E-state index is 11.5.